The number of nitrogens with zero attached hydrogens (tertiary/aromatic N) is 3. The van der Waals surface area contributed by atoms with E-state index in [1.165, 1.54) is 13.2 Å². The van der Waals surface area contributed by atoms with Gasteiger partial charge in [0.05, 0.1) is 24.0 Å². The van der Waals surface area contributed by atoms with Crippen LogP contribution in [-0.2, 0) is 0 Å². The minimum atomic E-state index is -2.69. The monoisotopic (exact) mass is 320 g/mol. The van der Waals surface area contributed by atoms with Crippen molar-refractivity contribution in [2.24, 2.45) is 0 Å². The zero-order chi connectivity index (χ0) is 18.6. The van der Waals surface area contributed by atoms with Crippen LogP contribution in [0.5, 0.6) is 5.75 Å². The van der Waals surface area contributed by atoms with E-state index in [0.717, 1.165) is 0 Å². The molecular weight excluding hydrogens is 306 g/mol. The number of carbonyl (C=O) groups is 1. The lowest BCUT2D eigenvalue weighted by Crippen LogP contribution is -2.21. The van der Waals surface area contributed by atoms with Crippen LogP contribution < -0.4 is 15.4 Å². The molecule has 1 amide bonds. The zero-order valence-corrected chi connectivity index (χ0v) is 12.1. The van der Waals surface area contributed by atoms with Crippen LogP contribution in [0.25, 0.3) is 0 Å². The number of hydrogen-bond donors (Lipinski definition) is 2. The lowest BCUT2D eigenvalue weighted by atomic mass is 10.1. The quantitative estimate of drug-likeness (QED) is 0.895. The molecule has 0 fully saturated rings. The van der Waals surface area contributed by atoms with E-state index in [0.29, 0.717) is 5.69 Å². The van der Waals surface area contributed by atoms with E-state index >= 15 is 0 Å². The molecule has 0 saturated heterocycles. The van der Waals surface area contributed by atoms with Crippen LogP contribution in [0.1, 0.15) is 20.2 Å². The van der Waals surface area contributed by atoms with E-state index in [2.05, 4.69) is 15.5 Å². The second-order valence-corrected chi connectivity index (χ2v) is 4.39. The third-order valence-electron chi connectivity index (χ3n) is 2.70. The molecule has 22 heavy (non-hydrogen) atoms. The van der Waals surface area contributed by atoms with Gasteiger partial charge < -0.3 is 15.4 Å². The molecule has 2 aromatic rings. The predicted molar refractivity (Wildman–Crippen MR) is 81.4 cm³/mol. The fraction of sp³-hybridized carbons (Fsp3) is 0.143. The minimum absolute atomic E-state index is 0.0108. The lowest BCUT2D eigenvalue weighted by molar-refractivity contribution is 0.0958. The van der Waals surface area contributed by atoms with Gasteiger partial charge in [0.2, 0.25) is 0 Å². The Hall–Kier alpha value is -2.85. The molecule has 1 heterocycles. The summed E-state index contributed by atoms with van der Waals surface area (Å²) in [5, 5.41) is 21.0. The van der Waals surface area contributed by atoms with Crippen LogP contribution >= 0.6 is 11.6 Å². The third-order valence-corrected chi connectivity index (χ3v) is 2.89. The van der Waals surface area contributed by atoms with Gasteiger partial charge in [0.1, 0.15) is 6.07 Å². The van der Waals surface area contributed by atoms with Crippen LogP contribution in [0, 0.1) is 11.3 Å². The van der Waals surface area contributed by atoms with Gasteiger partial charge in [-0.2, -0.15) is 5.26 Å². The maximum Gasteiger partial charge on any atom is 0.273 e. The topological polar surface area (TPSA) is 99.9 Å². The zero-order valence-electron chi connectivity index (χ0n) is 14.3. The Balaban J connectivity index is 2.46. The summed E-state index contributed by atoms with van der Waals surface area (Å²) in [5.74, 6) is -0.706. The number of para-hydroxylation sites is 1. The molecule has 2 rings (SSSR count). The summed E-state index contributed by atoms with van der Waals surface area (Å²) >= 11 is 5.81. The Labute approximate surface area is 136 Å². The van der Waals surface area contributed by atoms with E-state index in [1.807, 2.05) is 11.4 Å². The van der Waals surface area contributed by atoms with Crippen molar-refractivity contribution in [2.45, 2.75) is 0 Å². The number of ether oxygens (including phenoxy) is 1. The number of hydrogen-bond acceptors (Lipinski definition) is 6. The van der Waals surface area contributed by atoms with E-state index in [9.17, 15) is 4.79 Å². The number of rotatable bonds is 4. The van der Waals surface area contributed by atoms with Gasteiger partial charge in [0.15, 0.2) is 16.6 Å². The highest BCUT2D eigenvalue weighted by Crippen LogP contribution is 2.32. The van der Waals surface area contributed by atoms with Gasteiger partial charge >= 0.3 is 0 Å². The van der Waals surface area contributed by atoms with Crippen LogP contribution in [0.2, 0.25) is 5.15 Å². The van der Waals surface area contributed by atoms with Gasteiger partial charge in [0.25, 0.3) is 5.91 Å². The molecule has 0 saturated carbocycles. The summed E-state index contributed by atoms with van der Waals surface area (Å²) in [4.78, 5) is 12.1. The van der Waals surface area contributed by atoms with Crippen molar-refractivity contribution in [2.75, 3.05) is 19.4 Å². The molecule has 0 radical (unpaired) electrons. The van der Waals surface area contributed by atoms with Crippen LogP contribution in [0.4, 0.5) is 11.4 Å². The molecule has 0 unspecified atom stereocenters. The van der Waals surface area contributed by atoms with Crippen molar-refractivity contribution < 1.29 is 13.6 Å². The number of nitriles is 1. The molecule has 1 aromatic heterocycles. The average molecular weight is 321 g/mol. The standard InChI is InChI=1S/C14H12ClN5O2/c1-17-14(21)12-10(6-11(15)19-20-12)18-9-5-3-4-8(7-16)13(9)22-2/h3-6H,1-2H3,(H,17,21)(H,18,19)/i1D3. The molecule has 0 bridgehead atoms. The third kappa shape index (κ3) is 3.07. The highest BCUT2D eigenvalue weighted by atomic mass is 35.5. The first-order valence-corrected chi connectivity index (χ1v) is 6.33. The molecular formula is C14H12ClN5O2. The van der Waals surface area contributed by atoms with Crippen LogP contribution in [-0.4, -0.2) is 30.2 Å². The molecule has 0 aliphatic rings. The largest absolute Gasteiger partial charge is 0.493 e. The molecule has 1 aromatic carbocycles. The Kier molecular flexibility index (Phi) is 3.60. The highest BCUT2D eigenvalue weighted by molar-refractivity contribution is 6.29. The maximum atomic E-state index is 12.1. The number of carbonyl (C=O) groups excluding carboxylic acids is 1. The van der Waals surface area contributed by atoms with E-state index in [-0.39, 0.29) is 27.8 Å². The Morgan fingerprint density at radius 2 is 2.27 bits per heavy atom. The van der Waals surface area contributed by atoms with E-state index < -0.39 is 12.9 Å². The number of amides is 1. The van der Waals surface area contributed by atoms with Crippen molar-refractivity contribution in [3.63, 3.8) is 0 Å². The van der Waals surface area contributed by atoms with Crippen molar-refractivity contribution in [1.29, 1.82) is 5.26 Å². The summed E-state index contributed by atoms with van der Waals surface area (Å²) in [6.07, 6.45) is 0. The maximum absolute atomic E-state index is 12.1. The normalized spacial score (nSPS) is 12.3. The van der Waals surface area contributed by atoms with Crippen molar-refractivity contribution >= 4 is 28.9 Å². The SMILES string of the molecule is [2H]C([2H])([2H])NC(=O)c1nnc(Cl)cc1Nc1cccc(C#N)c1OC. The van der Waals surface area contributed by atoms with Gasteiger partial charge in [-0.1, -0.05) is 17.7 Å². The Morgan fingerprint density at radius 3 is 2.95 bits per heavy atom. The Bertz CT molecular complexity index is 851. The minimum Gasteiger partial charge on any atom is -0.493 e. The molecule has 112 valence electrons. The van der Waals surface area contributed by atoms with Gasteiger partial charge in [-0.15, -0.1) is 10.2 Å². The van der Waals surface area contributed by atoms with Gasteiger partial charge in [-0.3, -0.25) is 4.79 Å². The summed E-state index contributed by atoms with van der Waals surface area (Å²) < 4.78 is 26.5. The summed E-state index contributed by atoms with van der Waals surface area (Å²) in [7, 11) is 1.39. The number of benzene rings is 1. The van der Waals surface area contributed by atoms with E-state index in [4.69, 9.17) is 25.7 Å². The first kappa shape index (κ1) is 11.8. The average Bonchev–Trinajstić information content (AvgIpc) is 2.53. The van der Waals surface area contributed by atoms with Crippen molar-refractivity contribution in [3.05, 3.63) is 40.7 Å². The van der Waals surface area contributed by atoms with Gasteiger partial charge in [0, 0.05) is 17.2 Å². The van der Waals surface area contributed by atoms with E-state index in [1.54, 1.807) is 18.2 Å². The second kappa shape index (κ2) is 6.74. The van der Waals surface area contributed by atoms with Gasteiger partial charge in [-0.05, 0) is 12.1 Å². The summed E-state index contributed by atoms with van der Waals surface area (Å²) in [6.45, 7) is -2.69. The lowest BCUT2D eigenvalue weighted by Gasteiger charge is -2.14. The van der Waals surface area contributed by atoms with Crippen molar-refractivity contribution in [1.82, 2.24) is 15.5 Å². The number of aromatic nitrogens is 2. The number of halogens is 1. The number of methoxy groups -OCH3 is 1. The van der Waals surface area contributed by atoms with Crippen LogP contribution in [0.15, 0.2) is 24.3 Å². The van der Waals surface area contributed by atoms with Crippen molar-refractivity contribution in [3.8, 4) is 11.8 Å². The van der Waals surface area contributed by atoms with Gasteiger partial charge in [-0.25, -0.2) is 0 Å². The number of nitrogens with one attached hydrogen (secondary N) is 2. The predicted octanol–water partition coefficient (Wildman–Crippen LogP) is 2.11. The first-order chi connectivity index (χ1) is 11.7. The summed E-state index contributed by atoms with van der Waals surface area (Å²) in [5.41, 5.74) is 0.475. The fourth-order valence-electron chi connectivity index (χ4n) is 1.78. The molecule has 8 heteroatoms. The molecule has 0 aliphatic carbocycles. The smallest absolute Gasteiger partial charge is 0.273 e. The van der Waals surface area contributed by atoms with Crippen LogP contribution in [0.3, 0.4) is 0 Å². The molecule has 0 spiro atoms. The second-order valence-electron chi connectivity index (χ2n) is 4.01. The summed E-state index contributed by atoms with van der Waals surface area (Å²) in [6, 6.07) is 8.07. The fourth-order valence-corrected chi connectivity index (χ4v) is 1.93. The number of anilines is 2. The molecule has 0 aliphatic heterocycles. The highest BCUT2D eigenvalue weighted by Gasteiger charge is 2.16. The molecule has 2 N–H and O–H groups in total. The first-order valence-electron chi connectivity index (χ1n) is 7.45. The molecule has 0 atom stereocenters. The Morgan fingerprint density at radius 1 is 1.45 bits per heavy atom. The molecule has 7 nitrogen and oxygen atoms in total.